The van der Waals surface area contributed by atoms with Crippen LogP contribution in [0, 0.1) is 10.1 Å². The Kier molecular flexibility index (Phi) is 4.96. The van der Waals surface area contributed by atoms with Crippen LogP contribution in [0.1, 0.15) is 5.56 Å². The molecule has 0 saturated carbocycles. The molecule has 0 amide bonds. The van der Waals surface area contributed by atoms with E-state index in [4.69, 9.17) is 15.2 Å². The Morgan fingerprint density at radius 1 is 1.12 bits per heavy atom. The number of nitrogens with one attached hydrogen (secondary N) is 1. The van der Waals surface area contributed by atoms with Gasteiger partial charge in [0.1, 0.15) is 13.2 Å². The fourth-order valence-electron chi connectivity index (χ4n) is 2.51. The summed E-state index contributed by atoms with van der Waals surface area (Å²) < 4.78 is 38.1. The maximum absolute atomic E-state index is 12.6. The van der Waals surface area contributed by atoms with Gasteiger partial charge in [-0.15, -0.1) is 0 Å². The van der Waals surface area contributed by atoms with E-state index >= 15 is 0 Å². The van der Waals surface area contributed by atoms with Crippen molar-refractivity contribution in [3.63, 3.8) is 0 Å². The molecule has 0 spiro atoms. The lowest BCUT2D eigenvalue weighted by molar-refractivity contribution is -0.388. The molecule has 2 aromatic rings. The highest BCUT2D eigenvalue weighted by Gasteiger charge is 2.30. The molecule has 3 N–H and O–H groups in total. The number of nitrogens with two attached hydrogens (primary N) is 1. The molecule has 2 aromatic carbocycles. The van der Waals surface area contributed by atoms with Crippen molar-refractivity contribution in [1.29, 1.82) is 0 Å². The number of sulfonamides is 1. The number of nitro benzene ring substituents is 1. The minimum absolute atomic E-state index is 0.0812. The number of hydrogen-bond acceptors (Lipinski definition) is 7. The molecular weight excluding hydrogens is 362 g/mol. The first kappa shape index (κ1) is 18.0. The van der Waals surface area contributed by atoms with Crippen LogP contribution in [0.15, 0.2) is 41.3 Å². The van der Waals surface area contributed by atoms with Crippen LogP contribution >= 0.6 is 0 Å². The fourth-order valence-corrected chi connectivity index (χ4v) is 3.71. The van der Waals surface area contributed by atoms with Crippen LogP contribution in [0.25, 0.3) is 0 Å². The van der Waals surface area contributed by atoms with Gasteiger partial charge in [0.15, 0.2) is 16.4 Å². The molecule has 26 heavy (non-hydrogen) atoms. The van der Waals surface area contributed by atoms with Crippen molar-refractivity contribution in [2.24, 2.45) is 0 Å². The molecule has 1 aliphatic rings. The van der Waals surface area contributed by atoms with Crippen molar-refractivity contribution in [1.82, 2.24) is 4.72 Å². The van der Waals surface area contributed by atoms with E-state index in [2.05, 4.69) is 4.72 Å². The second-order valence-corrected chi connectivity index (χ2v) is 7.35. The van der Waals surface area contributed by atoms with Crippen LogP contribution in [0.4, 0.5) is 11.4 Å². The Morgan fingerprint density at radius 3 is 2.35 bits per heavy atom. The summed E-state index contributed by atoms with van der Waals surface area (Å²) in [7, 11) is -4.10. The normalized spacial score (nSPS) is 13.4. The summed E-state index contributed by atoms with van der Waals surface area (Å²) in [4.78, 5) is 10.1. The van der Waals surface area contributed by atoms with Gasteiger partial charge in [0, 0.05) is 18.3 Å². The van der Waals surface area contributed by atoms with Gasteiger partial charge < -0.3 is 15.2 Å². The first-order valence-electron chi connectivity index (χ1n) is 7.79. The SMILES string of the molecule is Nc1ccc(CCNS(=O)(=O)c2cc3c(cc2[N+](=O)[O-])OCCO3)cc1. The molecule has 0 aliphatic carbocycles. The average molecular weight is 379 g/mol. The van der Waals surface area contributed by atoms with E-state index in [0.29, 0.717) is 12.1 Å². The molecule has 0 bridgehead atoms. The maximum atomic E-state index is 12.6. The molecule has 138 valence electrons. The van der Waals surface area contributed by atoms with Crippen LogP contribution in [0.2, 0.25) is 0 Å². The van der Waals surface area contributed by atoms with Gasteiger partial charge in [-0.05, 0) is 24.1 Å². The molecule has 0 radical (unpaired) electrons. The van der Waals surface area contributed by atoms with E-state index in [-0.39, 0.29) is 31.3 Å². The second-order valence-electron chi connectivity index (χ2n) is 5.61. The average Bonchev–Trinajstić information content (AvgIpc) is 2.62. The Hall–Kier alpha value is -2.85. The van der Waals surface area contributed by atoms with E-state index in [9.17, 15) is 18.5 Å². The molecular formula is C16H17N3O6S. The molecule has 0 fully saturated rings. The number of nitrogen functional groups attached to an aromatic ring is 1. The molecule has 0 saturated heterocycles. The van der Waals surface area contributed by atoms with Crippen molar-refractivity contribution in [2.45, 2.75) is 11.3 Å². The Bertz CT molecular complexity index is 928. The second kappa shape index (κ2) is 7.18. The minimum atomic E-state index is -4.10. The Morgan fingerprint density at radius 2 is 1.73 bits per heavy atom. The predicted molar refractivity (Wildman–Crippen MR) is 93.8 cm³/mol. The van der Waals surface area contributed by atoms with Gasteiger partial charge in [0.2, 0.25) is 10.0 Å². The van der Waals surface area contributed by atoms with E-state index in [1.807, 2.05) is 0 Å². The lowest BCUT2D eigenvalue weighted by atomic mass is 10.1. The number of anilines is 1. The summed E-state index contributed by atoms with van der Waals surface area (Å²) in [5, 5.41) is 11.3. The molecule has 1 heterocycles. The minimum Gasteiger partial charge on any atom is -0.486 e. The third-order valence-corrected chi connectivity index (χ3v) is 5.29. The first-order valence-corrected chi connectivity index (χ1v) is 9.27. The maximum Gasteiger partial charge on any atom is 0.293 e. The van der Waals surface area contributed by atoms with Gasteiger partial charge >= 0.3 is 0 Å². The number of ether oxygens (including phenoxy) is 2. The predicted octanol–water partition coefficient (Wildman–Crippen LogP) is 1.47. The molecule has 0 unspecified atom stereocenters. The summed E-state index contributed by atoms with van der Waals surface area (Å²) in [6, 6.07) is 9.21. The number of fused-ring (bicyclic) bond motifs is 1. The highest BCUT2D eigenvalue weighted by atomic mass is 32.2. The molecule has 0 aromatic heterocycles. The van der Waals surface area contributed by atoms with E-state index in [1.165, 1.54) is 0 Å². The molecule has 0 atom stereocenters. The van der Waals surface area contributed by atoms with Gasteiger partial charge in [-0.1, -0.05) is 12.1 Å². The van der Waals surface area contributed by atoms with Crippen LogP contribution < -0.4 is 19.9 Å². The lowest BCUT2D eigenvalue weighted by Crippen LogP contribution is -2.27. The van der Waals surface area contributed by atoms with Gasteiger partial charge in [-0.2, -0.15) is 0 Å². The first-order chi connectivity index (χ1) is 12.4. The smallest absolute Gasteiger partial charge is 0.293 e. The van der Waals surface area contributed by atoms with E-state index in [0.717, 1.165) is 17.7 Å². The van der Waals surface area contributed by atoms with Crippen molar-refractivity contribution in [3.8, 4) is 11.5 Å². The van der Waals surface area contributed by atoms with Crippen molar-refractivity contribution < 1.29 is 22.8 Å². The Labute approximate surface area is 149 Å². The third-order valence-electron chi connectivity index (χ3n) is 3.80. The van der Waals surface area contributed by atoms with Gasteiger partial charge in [0.05, 0.1) is 11.0 Å². The largest absolute Gasteiger partial charge is 0.486 e. The van der Waals surface area contributed by atoms with Crippen LogP contribution in [-0.2, 0) is 16.4 Å². The third kappa shape index (κ3) is 3.86. The lowest BCUT2D eigenvalue weighted by Gasteiger charge is -2.19. The topological polar surface area (TPSA) is 134 Å². The number of nitro groups is 1. The number of rotatable bonds is 6. The summed E-state index contributed by atoms with van der Waals surface area (Å²) >= 11 is 0. The molecule has 9 nitrogen and oxygen atoms in total. The summed E-state index contributed by atoms with van der Waals surface area (Å²) in [6.45, 7) is 0.572. The van der Waals surface area contributed by atoms with Gasteiger partial charge in [0.25, 0.3) is 5.69 Å². The van der Waals surface area contributed by atoms with Crippen LogP contribution in [0.3, 0.4) is 0 Å². The molecule has 10 heteroatoms. The van der Waals surface area contributed by atoms with Crippen molar-refractivity contribution in [3.05, 3.63) is 52.1 Å². The quantitative estimate of drug-likeness (QED) is 0.441. The summed E-state index contributed by atoms with van der Waals surface area (Å²) in [5.41, 5.74) is 6.54. The van der Waals surface area contributed by atoms with Crippen LogP contribution in [0.5, 0.6) is 11.5 Å². The van der Waals surface area contributed by atoms with Crippen LogP contribution in [-0.4, -0.2) is 33.1 Å². The standard InChI is InChI=1S/C16H17N3O6S/c17-12-3-1-11(2-4-12)5-6-18-26(22,23)16-10-15-14(24-7-8-25-15)9-13(16)19(20)21/h1-4,9-10,18H,5-8,17H2. The monoisotopic (exact) mass is 379 g/mol. The molecule has 1 aliphatic heterocycles. The zero-order chi connectivity index (χ0) is 18.7. The molecule has 3 rings (SSSR count). The zero-order valence-corrected chi connectivity index (χ0v) is 14.5. The highest BCUT2D eigenvalue weighted by Crippen LogP contribution is 2.38. The highest BCUT2D eigenvalue weighted by molar-refractivity contribution is 7.89. The zero-order valence-electron chi connectivity index (χ0n) is 13.7. The van der Waals surface area contributed by atoms with Gasteiger partial charge in [-0.25, -0.2) is 13.1 Å². The van der Waals surface area contributed by atoms with Crippen molar-refractivity contribution in [2.75, 3.05) is 25.5 Å². The van der Waals surface area contributed by atoms with Gasteiger partial charge in [-0.3, -0.25) is 10.1 Å². The Balaban J connectivity index is 1.81. The number of hydrogen-bond donors (Lipinski definition) is 2. The number of nitrogens with zero attached hydrogens (tertiary/aromatic N) is 1. The number of benzene rings is 2. The van der Waals surface area contributed by atoms with Crippen molar-refractivity contribution >= 4 is 21.4 Å². The van der Waals surface area contributed by atoms with E-state index < -0.39 is 25.5 Å². The fraction of sp³-hybridized carbons (Fsp3) is 0.250. The van der Waals surface area contributed by atoms with E-state index in [1.54, 1.807) is 24.3 Å². The summed E-state index contributed by atoms with van der Waals surface area (Å²) in [6.07, 6.45) is 0.415. The summed E-state index contributed by atoms with van der Waals surface area (Å²) in [5.74, 6) is 0.324.